The number of aromatic nitrogens is 4. The van der Waals surface area contributed by atoms with Crippen LogP contribution >= 0.6 is 0 Å². The molecule has 3 aromatic carbocycles. The Morgan fingerprint density at radius 1 is 0.735 bits per heavy atom. The largest absolute Gasteiger partial charge is 0.378 e. The Hall–Kier alpha value is -4.23. The lowest BCUT2D eigenvalue weighted by molar-refractivity contribution is 0.122. The van der Waals surface area contributed by atoms with Gasteiger partial charge in [0, 0.05) is 35.7 Å². The predicted molar refractivity (Wildman–Crippen MR) is 135 cm³/mol. The zero-order chi connectivity index (χ0) is 22.7. The molecular formula is C27H24N6O. The second-order valence-corrected chi connectivity index (χ2v) is 8.16. The van der Waals surface area contributed by atoms with E-state index in [0.29, 0.717) is 11.6 Å². The summed E-state index contributed by atoms with van der Waals surface area (Å²) in [6.45, 7) is 3.36. The highest BCUT2D eigenvalue weighted by Gasteiger charge is 2.16. The maximum Gasteiger partial charge on any atom is 0.170 e. The van der Waals surface area contributed by atoms with Crippen molar-refractivity contribution < 1.29 is 4.74 Å². The normalized spacial score (nSPS) is 13.8. The van der Waals surface area contributed by atoms with Gasteiger partial charge in [-0.05, 0) is 36.4 Å². The summed E-state index contributed by atoms with van der Waals surface area (Å²) in [6, 6.07) is 28.5. The van der Waals surface area contributed by atoms with Crippen LogP contribution in [0.5, 0.6) is 0 Å². The van der Waals surface area contributed by atoms with Gasteiger partial charge in [0.05, 0.1) is 13.2 Å². The van der Waals surface area contributed by atoms with E-state index < -0.39 is 0 Å². The van der Waals surface area contributed by atoms with E-state index in [0.717, 1.165) is 54.4 Å². The van der Waals surface area contributed by atoms with Crippen LogP contribution in [0.3, 0.4) is 0 Å². The minimum Gasteiger partial charge on any atom is -0.378 e. The third-order valence-corrected chi connectivity index (χ3v) is 5.97. The number of fused-ring (bicyclic) bond motifs is 1. The Morgan fingerprint density at radius 2 is 1.44 bits per heavy atom. The quantitative estimate of drug-likeness (QED) is 0.405. The zero-order valence-corrected chi connectivity index (χ0v) is 18.6. The van der Waals surface area contributed by atoms with Crippen LogP contribution in [0, 0.1) is 0 Å². The Kier molecular flexibility index (Phi) is 5.37. The summed E-state index contributed by atoms with van der Waals surface area (Å²) in [5, 5.41) is 3.48. The smallest absolute Gasteiger partial charge is 0.170 e. The van der Waals surface area contributed by atoms with Crippen molar-refractivity contribution in [3.8, 4) is 17.1 Å². The molecule has 5 aromatic rings. The Bertz CT molecular complexity index is 1390. The Labute approximate surface area is 197 Å². The zero-order valence-electron chi connectivity index (χ0n) is 18.6. The van der Waals surface area contributed by atoms with E-state index in [1.54, 1.807) is 6.33 Å². The average Bonchev–Trinajstić information content (AvgIpc) is 3.35. The highest BCUT2D eigenvalue weighted by molar-refractivity contribution is 5.88. The van der Waals surface area contributed by atoms with E-state index in [2.05, 4.69) is 39.5 Å². The lowest BCUT2D eigenvalue weighted by atomic mass is 10.2. The van der Waals surface area contributed by atoms with Crippen molar-refractivity contribution >= 4 is 28.4 Å². The summed E-state index contributed by atoms with van der Waals surface area (Å²) in [4.78, 5) is 16.8. The van der Waals surface area contributed by atoms with Gasteiger partial charge in [0.15, 0.2) is 22.8 Å². The van der Waals surface area contributed by atoms with Gasteiger partial charge < -0.3 is 15.0 Å². The molecule has 3 heterocycles. The molecule has 0 spiro atoms. The van der Waals surface area contributed by atoms with E-state index in [1.807, 2.05) is 65.2 Å². The van der Waals surface area contributed by atoms with Gasteiger partial charge in [-0.1, -0.05) is 48.5 Å². The molecule has 0 radical (unpaired) electrons. The van der Waals surface area contributed by atoms with Crippen molar-refractivity contribution in [3.63, 3.8) is 0 Å². The van der Waals surface area contributed by atoms with E-state index in [4.69, 9.17) is 14.7 Å². The lowest BCUT2D eigenvalue weighted by Gasteiger charge is -2.28. The second kappa shape index (κ2) is 8.96. The van der Waals surface area contributed by atoms with Gasteiger partial charge in [0.25, 0.3) is 0 Å². The van der Waals surface area contributed by atoms with Crippen LogP contribution in [-0.2, 0) is 4.74 Å². The molecule has 0 bridgehead atoms. The number of para-hydroxylation sites is 1. The molecule has 2 aromatic heterocycles. The van der Waals surface area contributed by atoms with E-state index in [9.17, 15) is 0 Å². The van der Waals surface area contributed by atoms with Crippen molar-refractivity contribution in [2.75, 3.05) is 36.5 Å². The molecule has 1 aliphatic heterocycles. The maximum absolute atomic E-state index is 5.47. The third kappa shape index (κ3) is 3.97. The van der Waals surface area contributed by atoms with Crippen LogP contribution in [-0.4, -0.2) is 45.8 Å². The van der Waals surface area contributed by atoms with Crippen LogP contribution in [0.1, 0.15) is 0 Å². The molecular weight excluding hydrogens is 424 g/mol. The number of hydrogen-bond donors (Lipinski definition) is 1. The lowest BCUT2D eigenvalue weighted by Crippen LogP contribution is -2.36. The number of hydrogen-bond acceptors (Lipinski definition) is 6. The van der Waals surface area contributed by atoms with Crippen molar-refractivity contribution in [1.82, 2.24) is 19.5 Å². The highest BCUT2D eigenvalue weighted by atomic mass is 16.5. The molecule has 0 atom stereocenters. The van der Waals surface area contributed by atoms with Crippen LogP contribution in [0.4, 0.5) is 17.2 Å². The standard InChI is InChI=1S/C27H24N6O/c1-3-7-20(8-4-1)25-30-26(24-27(31-25)33(19-28-24)23-9-5-2-6-10-23)29-21-11-13-22(14-12-21)32-15-17-34-18-16-32/h1-14,19H,15-18H2,(H,29,30,31). The summed E-state index contributed by atoms with van der Waals surface area (Å²) < 4.78 is 7.47. The van der Waals surface area contributed by atoms with Gasteiger partial charge in [0.1, 0.15) is 6.33 Å². The summed E-state index contributed by atoms with van der Waals surface area (Å²) >= 11 is 0. The van der Waals surface area contributed by atoms with Gasteiger partial charge >= 0.3 is 0 Å². The molecule has 0 amide bonds. The average molecular weight is 449 g/mol. The van der Waals surface area contributed by atoms with Gasteiger partial charge in [-0.15, -0.1) is 0 Å². The summed E-state index contributed by atoms with van der Waals surface area (Å²) in [7, 11) is 0. The predicted octanol–water partition coefficient (Wildman–Crippen LogP) is 5.06. The summed E-state index contributed by atoms with van der Waals surface area (Å²) in [6.07, 6.45) is 1.80. The fourth-order valence-corrected chi connectivity index (χ4v) is 4.19. The van der Waals surface area contributed by atoms with E-state index in [-0.39, 0.29) is 0 Å². The van der Waals surface area contributed by atoms with Crippen LogP contribution in [0.2, 0.25) is 0 Å². The SMILES string of the molecule is c1ccc(-c2nc(Nc3ccc(N4CCOCC4)cc3)c3ncn(-c4ccccc4)c3n2)cc1. The minimum atomic E-state index is 0.651. The molecule has 0 aliphatic carbocycles. The van der Waals surface area contributed by atoms with Gasteiger partial charge in [-0.25, -0.2) is 15.0 Å². The van der Waals surface area contributed by atoms with Crippen molar-refractivity contribution in [2.24, 2.45) is 0 Å². The first-order valence-corrected chi connectivity index (χ1v) is 11.4. The minimum absolute atomic E-state index is 0.651. The van der Waals surface area contributed by atoms with Crippen molar-refractivity contribution in [2.45, 2.75) is 0 Å². The van der Waals surface area contributed by atoms with Crippen molar-refractivity contribution in [3.05, 3.63) is 91.3 Å². The molecule has 1 saturated heterocycles. The molecule has 34 heavy (non-hydrogen) atoms. The number of rotatable bonds is 5. The van der Waals surface area contributed by atoms with Gasteiger partial charge in [-0.2, -0.15) is 0 Å². The number of ether oxygens (including phenoxy) is 1. The first-order chi connectivity index (χ1) is 16.8. The fraction of sp³-hybridized carbons (Fsp3) is 0.148. The topological polar surface area (TPSA) is 68.1 Å². The number of benzene rings is 3. The van der Waals surface area contributed by atoms with Gasteiger partial charge in [-0.3, -0.25) is 4.57 Å². The van der Waals surface area contributed by atoms with Crippen LogP contribution in [0.25, 0.3) is 28.2 Å². The second-order valence-electron chi connectivity index (χ2n) is 8.16. The Balaban J connectivity index is 1.40. The highest BCUT2D eigenvalue weighted by Crippen LogP contribution is 2.29. The first-order valence-electron chi connectivity index (χ1n) is 11.4. The molecule has 1 aliphatic rings. The van der Waals surface area contributed by atoms with Crippen molar-refractivity contribution in [1.29, 1.82) is 0 Å². The summed E-state index contributed by atoms with van der Waals surface area (Å²) in [5.74, 6) is 1.33. The first kappa shape index (κ1) is 20.4. The number of imidazole rings is 1. The number of morpholine rings is 1. The Morgan fingerprint density at radius 3 is 2.18 bits per heavy atom. The molecule has 7 nitrogen and oxygen atoms in total. The monoisotopic (exact) mass is 448 g/mol. The van der Waals surface area contributed by atoms with E-state index >= 15 is 0 Å². The number of nitrogens with one attached hydrogen (secondary N) is 1. The van der Waals surface area contributed by atoms with Gasteiger partial charge in [0.2, 0.25) is 0 Å². The molecule has 1 N–H and O–H groups in total. The maximum atomic E-state index is 5.47. The molecule has 0 unspecified atom stereocenters. The number of anilines is 3. The molecule has 0 saturated carbocycles. The molecule has 6 rings (SSSR count). The molecule has 7 heteroatoms. The molecule has 168 valence electrons. The van der Waals surface area contributed by atoms with Crippen LogP contribution < -0.4 is 10.2 Å². The molecule has 1 fully saturated rings. The van der Waals surface area contributed by atoms with Crippen LogP contribution in [0.15, 0.2) is 91.3 Å². The fourth-order valence-electron chi connectivity index (χ4n) is 4.19. The third-order valence-electron chi connectivity index (χ3n) is 5.97. The summed E-state index contributed by atoms with van der Waals surface area (Å²) in [5.41, 5.74) is 5.58. The van der Waals surface area contributed by atoms with E-state index in [1.165, 1.54) is 5.69 Å². The number of nitrogens with zero attached hydrogens (tertiary/aromatic N) is 5.